The van der Waals surface area contributed by atoms with E-state index in [1.807, 2.05) is 0 Å². The van der Waals surface area contributed by atoms with Gasteiger partial charge < -0.3 is 10.4 Å². The molecule has 4 nitrogen and oxygen atoms in total. The molecule has 2 saturated heterocycles. The zero-order valence-corrected chi connectivity index (χ0v) is 8.41. The number of amides is 1. The molecule has 0 aromatic heterocycles. The molecule has 0 aromatic rings. The molecule has 2 aliphatic rings. The molecular weight excluding hydrogens is 180 g/mol. The van der Waals surface area contributed by atoms with E-state index in [1.165, 1.54) is 0 Å². The number of piperidine rings is 2. The summed E-state index contributed by atoms with van der Waals surface area (Å²) in [6.45, 7) is 2.55. The number of hydrogen-bond acceptors (Lipinski definition) is 3. The van der Waals surface area contributed by atoms with Crippen molar-refractivity contribution in [1.29, 1.82) is 0 Å². The normalized spacial score (nSPS) is 31.5. The van der Waals surface area contributed by atoms with Crippen LogP contribution >= 0.6 is 0 Å². The summed E-state index contributed by atoms with van der Waals surface area (Å²) in [5, 5.41) is 12.3. The maximum atomic E-state index is 11.6. The minimum absolute atomic E-state index is 0.0660. The third-order valence-corrected chi connectivity index (χ3v) is 3.20. The predicted molar refractivity (Wildman–Crippen MR) is 52.8 cm³/mol. The van der Waals surface area contributed by atoms with Crippen LogP contribution in [0.5, 0.6) is 0 Å². The molecule has 0 bridgehead atoms. The van der Waals surface area contributed by atoms with Crippen LogP contribution in [-0.4, -0.2) is 47.7 Å². The summed E-state index contributed by atoms with van der Waals surface area (Å²) < 4.78 is 0. The van der Waals surface area contributed by atoms with E-state index < -0.39 is 0 Å². The molecule has 1 atom stereocenters. The Hall–Kier alpha value is -0.610. The third kappa shape index (κ3) is 2.07. The van der Waals surface area contributed by atoms with Crippen molar-refractivity contribution in [3.63, 3.8) is 0 Å². The van der Waals surface area contributed by atoms with Gasteiger partial charge in [-0.15, -0.1) is 0 Å². The molecule has 0 aromatic carbocycles. The maximum absolute atomic E-state index is 11.6. The number of hydrogen-bond donors (Lipinski definition) is 2. The number of carbonyl (C=O) groups excluding carboxylic acids is 1. The van der Waals surface area contributed by atoms with Gasteiger partial charge in [0.05, 0.1) is 12.1 Å². The van der Waals surface area contributed by atoms with E-state index in [1.54, 1.807) is 0 Å². The Morgan fingerprint density at radius 3 is 2.64 bits per heavy atom. The van der Waals surface area contributed by atoms with Gasteiger partial charge in [0.2, 0.25) is 5.91 Å². The van der Waals surface area contributed by atoms with E-state index in [0.29, 0.717) is 0 Å². The maximum Gasteiger partial charge on any atom is 0.237 e. The van der Waals surface area contributed by atoms with Crippen molar-refractivity contribution in [2.24, 2.45) is 0 Å². The molecule has 0 radical (unpaired) electrons. The molecule has 14 heavy (non-hydrogen) atoms. The van der Waals surface area contributed by atoms with Crippen LogP contribution in [0.3, 0.4) is 0 Å². The van der Waals surface area contributed by atoms with Crippen molar-refractivity contribution >= 4 is 5.91 Å². The molecule has 0 saturated carbocycles. The summed E-state index contributed by atoms with van der Waals surface area (Å²) >= 11 is 0. The summed E-state index contributed by atoms with van der Waals surface area (Å²) in [5.41, 5.74) is 0. The number of nitrogens with zero attached hydrogens (tertiary/aromatic N) is 1. The van der Waals surface area contributed by atoms with Crippen LogP contribution in [0.1, 0.15) is 25.7 Å². The molecule has 2 heterocycles. The Morgan fingerprint density at radius 2 is 2.00 bits per heavy atom. The van der Waals surface area contributed by atoms with Crippen LogP contribution in [0.25, 0.3) is 0 Å². The molecule has 4 heteroatoms. The zero-order valence-electron chi connectivity index (χ0n) is 8.41. The zero-order chi connectivity index (χ0) is 9.97. The quantitative estimate of drug-likeness (QED) is 0.609. The number of carbonyl (C=O) groups is 1. The predicted octanol–water partition coefficient (Wildman–Crippen LogP) is -0.278. The first-order chi connectivity index (χ1) is 6.77. The first kappa shape index (κ1) is 9.93. The topological polar surface area (TPSA) is 52.6 Å². The number of likely N-dealkylation sites (tertiary alicyclic amines) is 1. The Morgan fingerprint density at radius 1 is 1.29 bits per heavy atom. The van der Waals surface area contributed by atoms with Crippen molar-refractivity contribution in [3.8, 4) is 0 Å². The summed E-state index contributed by atoms with van der Waals surface area (Å²) in [5.74, 6) is 0.174. The van der Waals surface area contributed by atoms with Crippen LogP contribution < -0.4 is 5.32 Å². The largest absolute Gasteiger partial charge is 0.393 e. The van der Waals surface area contributed by atoms with Gasteiger partial charge in [0.25, 0.3) is 0 Å². The molecule has 0 spiro atoms. The molecule has 2 aliphatic heterocycles. The summed E-state index contributed by atoms with van der Waals surface area (Å²) in [7, 11) is 0. The van der Waals surface area contributed by atoms with Gasteiger partial charge in [-0.3, -0.25) is 9.69 Å². The number of aliphatic hydroxyl groups is 1. The molecule has 1 amide bonds. The second kappa shape index (κ2) is 4.28. The van der Waals surface area contributed by atoms with Gasteiger partial charge in [-0.2, -0.15) is 0 Å². The number of aliphatic hydroxyl groups excluding tert-OH is 1. The average Bonchev–Trinajstić information content (AvgIpc) is 2.20. The molecule has 2 rings (SSSR count). The van der Waals surface area contributed by atoms with E-state index in [9.17, 15) is 9.90 Å². The van der Waals surface area contributed by atoms with Gasteiger partial charge in [-0.25, -0.2) is 0 Å². The van der Waals surface area contributed by atoms with Crippen LogP contribution in [0.2, 0.25) is 0 Å². The second-order valence-electron chi connectivity index (χ2n) is 4.22. The summed E-state index contributed by atoms with van der Waals surface area (Å²) in [6.07, 6.45) is 3.52. The van der Waals surface area contributed by atoms with Crippen molar-refractivity contribution in [1.82, 2.24) is 10.2 Å². The van der Waals surface area contributed by atoms with Crippen molar-refractivity contribution in [3.05, 3.63) is 0 Å². The minimum atomic E-state index is -0.155. The van der Waals surface area contributed by atoms with Gasteiger partial charge in [-0.05, 0) is 25.7 Å². The van der Waals surface area contributed by atoms with Crippen LogP contribution in [0.4, 0.5) is 0 Å². The highest BCUT2D eigenvalue weighted by molar-refractivity contribution is 5.82. The van der Waals surface area contributed by atoms with E-state index >= 15 is 0 Å². The summed E-state index contributed by atoms with van der Waals surface area (Å²) in [6, 6.07) is 0.0660. The minimum Gasteiger partial charge on any atom is -0.393 e. The molecule has 80 valence electrons. The van der Waals surface area contributed by atoms with Gasteiger partial charge in [0.15, 0.2) is 0 Å². The van der Waals surface area contributed by atoms with E-state index in [2.05, 4.69) is 10.2 Å². The smallest absolute Gasteiger partial charge is 0.237 e. The molecule has 0 aliphatic carbocycles. The Bertz CT molecular complexity index is 212. The Kier molecular flexibility index (Phi) is 3.03. The Balaban J connectivity index is 1.90. The molecule has 2 fully saturated rings. The van der Waals surface area contributed by atoms with Crippen molar-refractivity contribution < 1.29 is 9.90 Å². The fourth-order valence-corrected chi connectivity index (χ4v) is 2.30. The van der Waals surface area contributed by atoms with Crippen molar-refractivity contribution in [2.75, 3.05) is 19.6 Å². The SMILES string of the molecule is O=C1NCCC[C@H]1N1CCC(O)CC1. The number of nitrogens with one attached hydrogen (secondary N) is 1. The number of rotatable bonds is 1. The van der Waals surface area contributed by atoms with Crippen LogP contribution in [0, 0.1) is 0 Å². The molecular formula is C10H18N2O2. The van der Waals surface area contributed by atoms with E-state index in [4.69, 9.17) is 0 Å². The highest BCUT2D eigenvalue weighted by Crippen LogP contribution is 2.17. The highest BCUT2D eigenvalue weighted by atomic mass is 16.3. The lowest BCUT2D eigenvalue weighted by molar-refractivity contribution is -0.129. The van der Waals surface area contributed by atoms with E-state index in [-0.39, 0.29) is 18.1 Å². The first-order valence-electron chi connectivity index (χ1n) is 5.47. The third-order valence-electron chi connectivity index (χ3n) is 3.20. The monoisotopic (exact) mass is 198 g/mol. The van der Waals surface area contributed by atoms with Crippen LogP contribution in [0.15, 0.2) is 0 Å². The van der Waals surface area contributed by atoms with Crippen molar-refractivity contribution in [2.45, 2.75) is 37.8 Å². The average molecular weight is 198 g/mol. The Labute approximate surface area is 84.3 Å². The summed E-state index contributed by atoms with van der Waals surface area (Å²) in [4.78, 5) is 13.8. The molecule has 0 unspecified atom stereocenters. The van der Waals surface area contributed by atoms with Crippen LogP contribution in [-0.2, 0) is 4.79 Å². The van der Waals surface area contributed by atoms with Gasteiger partial charge >= 0.3 is 0 Å². The first-order valence-corrected chi connectivity index (χ1v) is 5.47. The lowest BCUT2D eigenvalue weighted by atomic mass is 10.0. The molecule has 2 N–H and O–H groups in total. The van der Waals surface area contributed by atoms with Gasteiger partial charge in [0, 0.05) is 19.6 Å². The van der Waals surface area contributed by atoms with Gasteiger partial charge in [0.1, 0.15) is 0 Å². The highest BCUT2D eigenvalue weighted by Gasteiger charge is 2.30. The van der Waals surface area contributed by atoms with Gasteiger partial charge in [-0.1, -0.05) is 0 Å². The van der Waals surface area contributed by atoms with E-state index in [0.717, 1.165) is 45.3 Å². The standard InChI is InChI=1S/C10H18N2O2/c13-8-3-6-12(7-4-8)9-2-1-5-11-10(9)14/h8-9,13H,1-7H2,(H,11,14)/t9-/m1/s1. The lowest BCUT2D eigenvalue weighted by Crippen LogP contribution is -2.53. The second-order valence-corrected chi connectivity index (χ2v) is 4.22. The fraction of sp³-hybridized carbons (Fsp3) is 0.900. The fourth-order valence-electron chi connectivity index (χ4n) is 2.30. The lowest BCUT2D eigenvalue weighted by Gasteiger charge is -2.37.